The molecule has 1 aliphatic heterocycles. The van der Waals surface area contributed by atoms with E-state index in [9.17, 15) is 14.9 Å². The fraction of sp³-hybridized carbons (Fsp3) is 0.278. The molecular formula is C18H16Cl2N2O5. The molecule has 142 valence electrons. The van der Waals surface area contributed by atoms with E-state index in [1.54, 1.807) is 24.3 Å². The van der Waals surface area contributed by atoms with E-state index < -0.39 is 10.9 Å². The molecule has 0 aromatic heterocycles. The lowest BCUT2D eigenvalue weighted by Gasteiger charge is -2.30. The number of ether oxygens (including phenoxy) is 2. The minimum atomic E-state index is -0.661. The van der Waals surface area contributed by atoms with Gasteiger partial charge in [-0.2, -0.15) is 0 Å². The highest BCUT2D eigenvalue weighted by molar-refractivity contribution is 6.35. The summed E-state index contributed by atoms with van der Waals surface area (Å²) in [5.41, 5.74) is 1.13. The molecule has 0 atom stereocenters. The summed E-state index contributed by atoms with van der Waals surface area (Å²) in [5.74, 6) is -0.661. The molecule has 0 spiro atoms. The van der Waals surface area contributed by atoms with Gasteiger partial charge >= 0.3 is 5.97 Å². The van der Waals surface area contributed by atoms with E-state index in [-0.39, 0.29) is 17.9 Å². The lowest BCUT2D eigenvalue weighted by atomic mass is 10.1. The maximum Gasteiger partial charge on any atom is 0.340 e. The first-order valence-corrected chi connectivity index (χ1v) is 8.93. The number of hydrogen-bond acceptors (Lipinski definition) is 6. The van der Waals surface area contributed by atoms with Gasteiger partial charge in [-0.1, -0.05) is 29.3 Å². The average Bonchev–Trinajstić information content (AvgIpc) is 2.67. The second-order valence-electron chi connectivity index (χ2n) is 5.87. The minimum Gasteiger partial charge on any atom is -0.457 e. The normalized spacial score (nSPS) is 14.1. The smallest absolute Gasteiger partial charge is 0.340 e. The van der Waals surface area contributed by atoms with Gasteiger partial charge in [0.2, 0.25) is 0 Å². The zero-order chi connectivity index (χ0) is 19.4. The number of carbonyl (C=O) groups is 1. The molecule has 0 radical (unpaired) electrons. The maximum atomic E-state index is 12.7. The van der Waals surface area contributed by atoms with Crippen molar-refractivity contribution in [2.45, 2.75) is 6.61 Å². The van der Waals surface area contributed by atoms with Crippen LogP contribution in [0.1, 0.15) is 15.9 Å². The van der Waals surface area contributed by atoms with Gasteiger partial charge in [-0.25, -0.2) is 4.79 Å². The molecule has 2 aromatic carbocycles. The van der Waals surface area contributed by atoms with Gasteiger partial charge in [0, 0.05) is 40.8 Å². The van der Waals surface area contributed by atoms with Gasteiger partial charge in [0.1, 0.15) is 6.61 Å². The van der Waals surface area contributed by atoms with Crippen LogP contribution in [0.4, 0.5) is 11.4 Å². The number of anilines is 1. The van der Waals surface area contributed by atoms with Crippen LogP contribution in [0.2, 0.25) is 10.0 Å². The van der Waals surface area contributed by atoms with Gasteiger partial charge in [0.25, 0.3) is 5.69 Å². The summed E-state index contributed by atoms with van der Waals surface area (Å²) < 4.78 is 10.7. The Balaban J connectivity index is 1.84. The molecule has 0 aliphatic carbocycles. The molecule has 3 rings (SSSR count). The summed E-state index contributed by atoms with van der Waals surface area (Å²) in [6.45, 7) is 2.14. The van der Waals surface area contributed by atoms with E-state index in [1.807, 2.05) is 4.90 Å². The van der Waals surface area contributed by atoms with Crippen molar-refractivity contribution in [1.82, 2.24) is 0 Å². The van der Waals surface area contributed by atoms with Crippen molar-refractivity contribution in [2.75, 3.05) is 31.2 Å². The van der Waals surface area contributed by atoms with Crippen molar-refractivity contribution in [3.63, 3.8) is 0 Å². The first-order valence-electron chi connectivity index (χ1n) is 8.18. The van der Waals surface area contributed by atoms with Crippen molar-refractivity contribution in [2.24, 2.45) is 0 Å². The number of morpholine rings is 1. The number of hydrogen-bond donors (Lipinski definition) is 0. The summed E-state index contributed by atoms with van der Waals surface area (Å²) in [5, 5.41) is 12.0. The molecule has 1 heterocycles. The Morgan fingerprint density at radius 3 is 2.59 bits per heavy atom. The van der Waals surface area contributed by atoms with Crippen LogP contribution in [-0.4, -0.2) is 37.2 Å². The van der Waals surface area contributed by atoms with Crippen LogP contribution in [0.3, 0.4) is 0 Å². The number of halogens is 2. The SMILES string of the molecule is O=C(OCc1ccc(Cl)cc1Cl)c1cc([N+](=O)[O-])ccc1N1CCOCC1. The predicted molar refractivity (Wildman–Crippen MR) is 102 cm³/mol. The molecule has 0 bridgehead atoms. The van der Waals surface area contributed by atoms with Gasteiger partial charge in [-0.05, 0) is 18.2 Å². The van der Waals surface area contributed by atoms with Crippen LogP contribution in [-0.2, 0) is 16.1 Å². The first-order chi connectivity index (χ1) is 13.0. The summed E-state index contributed by atoms with van der Waals surface area (Å²) in [4.78, 5) is 25.2. The van der Waals surface area contributed by atoms with Gasteiger partial charge in [-0.15, -0.1) is 0 Å². The van der Waals surface area contributed by atoms with Crippen LogP contribution in [0, 0.1) is 10.1 Å². The second-order valence-corrected chi connectivity index (χ2v) is 6.71. The highest BCUT2D eigenvalue weighted by Crippen LogP contribution is 2.28. The minimum absolute atomic E-state index is 0.0694. The third-order valence-corrected chi connectivity index (χ3v) is 4.72. The third kappa shape index (κ3) is 4.68. The van der Waals surface area contributed by atoms with E-state index in [4.69, 9.17) is 32.7 Å². The summed E-state index contributed by atoms with van der Waals surface area (Å²) in [6, 6.07) is 9.03. The van der Waals surface area contributed by atoms with E-state index in [1.165, 1.54) is 12.1 Å². The Bertz CT molecular complexity index is 869. The van der Waals surface area contributed by atoms with Crippen molar-refractivity contribution in [3.05, 3.63) is 67.7 Å². The van der Waals surface area contributed by atoms with E-state index in [2.05, 4.69) is 0 Å². The Morgan fingerprint density at radius 2 is 1.93 bits per heavy atom. The van der Waals surface area contributed by atoms with Crippen LogP contribution >= 0.6 is 23.2 Å². The zero-order valence-corrected chi connectivity index (χ0v) is 15.7. The fourth-order valence-electron chi connectivity index (χ4n) is 2.74. The Hall–Kier alpha value is -2.35. The summed E-state index contributed by atoms with van der Waals surface area (Å²) in [7, 11) is 0. The van der Waals surface area contributed by atoms with Gasteiger partial charge in [-0.3, -0.25) is 10.1 Å². The quantitative estimate of drug-likeness (QED) is 0.419. The van der Waals surface area contributed by atoms with E-state index in [0.717, 1.165) is 0 Å². The number of nitrogens with zero attached hydrogens (tertiary/aromatic N) is 2. The topological polar surface area (TPSA) is 81.9 Å². The van der Waals surface area contributed by atoms with Crippen LogP contribution in [0.25, 0.3) is 0 Å². The largest absolute Gasteiger partial charge is 0.457 e. The van der Waals surface area contributed by atoms with Crippen LogP contribution in [0.15, 0.2) is 36.4 Å². The molecule has 2 aromatic rings. The van der Waals surface area contributed by atoms with Crippen LogP contribution < -0.4 is 4.90 Å². The molecule has 0 saturated carbocycles. The molecule has 0 unspecified atom stereocenters. The van der Waals surface area contributed by atoms with E-state index >= 15 is 0 Å². The highest BCUT2D eigenvalue weighted by atomic mass is 35.5. The number of benzene rings is 2. The maximum absolute atomic E-state index is 12.7. The average molecular weight is 411 g/mol. The van der Waals surface area contributed by atoms with Gasteiger partial charge in [0.15, 0.2) is 0 Å². The second kappa shape index (κ2) is 8.56. The molecule has 7 nitrogen and oxygen atoms in total. The van der Waals surface area contributed by atoms with Crippen LogP contribution in [0.5, 0.6) is 0 Å². The lowest BCUT2D eigenvalue weighted by molar-refractivity contribution is -0.384. The van der Waals surface area contributed by atoms with Crippen molar-refractivity contribution < 1.29 is 19.2 Å². The highest BCUT2D eigenvalue weighted by Gasteiger charge is 2.23. The van der Waals surface area contributed by atoms with Gasteiger partial charge < -0.3 is 14.4 Å². The Kier molecular flexibility index (Phi) is 6.15. The number of nitro groups is 1. The molecule has 1 fully saturated rings. The Labute approximate surface area is 165 Å². The molecule has 9 heteroatoms. The van der Waals surface area contributed by atoms with Crippen molar-refractivity contribution >= 4 is 40.5 Å². The van der Waals surface area contributed by atoms with Gasteiger partial charge in [0.05, 0.1) is 29.4 Å². The van der Waals surface area contributed by atoms with E-state index in [0.29, 0.717) is 47.6 Å². The molecular weight excluding hydrogens is 395 g/mol. The monoisotopic (exact) mass is 410 g/mol. The first kappa shape index (κ1) is 19.4. The number of rotatable bonds is 5. The van der Waals surface area contributed by atoms with Crippen molar-refractivity contribution in [1.29, 1.82) is 0 Å². The fourth-order valence-corrected chi connectivity index (χ4v) is 3.20. The van der Waals surface area contributed by atoms with Crippen molar-refractivity contribution in [3.8, 4) is 0 Å². The zero-order valence-electron chi connectivity index (χ0n) is 14.2. The number of carbonyl (C=O) groups excluding carboxylic acids is 1. The molecule has 27 heavy (non-hydrogen) atoms. The standard InChI is InChI=1S/C18H16Cl2N2O5/c19-13-2-1-12(16(20)9-13)11-27-18(23)15-10-14(22(24)25)3-4-17(15)21-5-7-26-8-6-21/h1-4,9-10H,5-8,11H2. The molecule has 1 aliphatic rings. The molecule has 1 saturated heterocycles. The Morgan fingerprint density at radius 1 is 1.19 bits per heavy atom. The molecule has 0 amide bonds. The summed E-state index contributed by atoms with van der Waals surface area (Å²) >= 11 is 11.9. The summed E-state index contributed by atoms with van der Waals surface area (Å²) in [6.07, 6.45) is 0. The lowest BCUT2D eigenvalue weighted by Crippen LogP contribution is -2.37. The molecule has 0 N–H and O–H groups in total. The number of esters is 1. The number of nitro benzene ring substituents is 1. The number of non-ortho nitro benzene ring substituents is 1. The predicted octanol–water partition coefficient (Wildman–Crippen LogP) is 4.10. The third-order valence-electron chi connectivity index (χ3n) is 4.14.